The summed E-state index contributed by atoms with van der Waals surface area (Å²) in [5, 5.41) is 0. The van der Waals surface area contributed by atoms with Crippen LogP contribution in [0.15, 0.2) is 36.7 Å². The van der Waals surface area contributed by atoms with E-state index in [1.54, 1.807) is 13.1 Å². The second-order valence-electron chi connectivity index (χ2n) is 5.93. The van der Waals surface area contributed by atoms with Crippen molar-refractivity contribution in [2.24, 2.45) is 0 Å². The van der Waals surface area contributed by atoms with E-state index in [0.717, 1.165) is 11.6 Å². The molecular weight excluding hydrogens is 320 g/mol. The van der Waals surface area contributed by atoms with Crippen molar-refractivity contribution in [3.8, 4) is 5.69 Å². The number of carbonyl (C=O) groups is 2. The van der Waals surface area contributed by atoms with Crippen LogP contribution in [0.1, 0.15) is 12.5 Å². The van der Waals surface area contributed by atoms with Gasteiger partial charge in [-0.2, -0.15) is 0 Å². The van der Waals surface area contributed by atoms with Gasteiger partial charge >= 0.3 is 11.9 Å². The molecule has 0 N–H and O–H groups in total. The number of aromatic nitrogens is 2. The maximum Gasteiger partial charge on any atom is 0.397 e. The molecule has 7 nitrogen and oxygen atoms in total. The zero-order valence-electron chi connectivity index (χ0n) is 14.5. The number of hydrogen-bond donors (Lipinski definition) is 0. The molecule has 0 bridgehead atoms. The van der Waals surface area contributed by atoms with Crippen LogP contribution in [0.3, 0.4) is 0 Å². The Kier molecular flexibility index (Phi) is 5.02. The van der Waals surface area contributed by atoms with Crippen LogP contribution in [0.5, 0.6) is 0 Å². The molecule has 1 aliphatic rings. The van der Waals surface area contributed by atoms with Crippen LogP contribution in [0.2, 0.25) is 0 Å². The molecule has 2 aromatic rings. The summed E-state index contributed by atoms with van der Waals surface area (Å²) in [4.78, 5) is 31.7. The molecule has 0 saturated carbocycles. The lowest BCUT2D eigenvalue weighted by Crippen LogP contribution is -2.51. The Morgan fingerprint density at radius 1 is 1.12 bits per heavy atom. The van der Waals surface area contributed by atoms with E-state index in [2.05, 4.69) is 41.1 Å². The highest BCUT2D eigenvalue weighted by atomic mass is 16.5. The molecule has 1 fully saturated rings. The van der Waals surface area contributed by atoms with E-state index in [1.165, 1.54) is 10.5 Å². The Hall–Kier alpha value is -2.83. The van der Waals surface area contributed by atoms with Gasteiger partial charge in [-0.25, -0.2) is 9.78 Å². The molecule has 25 heavy (non-hydrogen) atoms. The first-order valence-electron chi connectivity index (χ1n) is 8.41. The van der Waals surface area contributed by atoms with Crippen molar-refractivity contribution in [1.29, 1.82) is 0 Å². The van der Waals surface area contributed by atoms with E-state index in [9.17, 15) is 9.59 Å². The van der Waals surface area contributed by atoms with E-state index in [0.29, 0.717) is 26.2 Å². The quantitative estimate of drug-likeness (QED) is 0.623. The first-order valence-corrected chi connectivity index (χ1v) is 8.41. The topological polar surface area (TPSA) is 67.7 Å². The summed E-state index contributed by atoms with van der Waals surface area (Å²) in [7, 11) is 0. The Morgan fingerprint density at radius 2 is 1.80 bits per heavy atom. The summed E-state index contributed by atoms with van der Waals surface area (Å²) < 4.78 is 6.81. The lowest BCUT2D eigenvalue weighted by atomic mass is 10.2. The number of carbonyl (C=O) groups excluding carboxylic acids is 2. The molecule has 0 atom stereocenters. The van der Waals surface area contributed by atoms with Gasteiger partial charge in [0, 0.05) is 44.3 Å². The predicted molar refractivity (Wildman–Crippen MR) is 93.7 cm³/mol. The molecule has 7 heteroatoms. The Morgan fingerprint density at radius 3 is 2.44 bits per heavy atom. The molecule has 2 heterocycles. The average molecular weight is 342 g/mol. The number of anilines is 1. The third kappa shape index (κ3) is 3.65. The van der Waals surface area contributed by atoms with Gasteiger partial charge in [0.2, 0.25) is 5.95 Å². The van der Waals surface area contributed by atoms with Crippen molar-refractivity contribution in [3.63, 3.8) is 0 Å². The molecule has 1 aromatic heterocycles. The van der Waals surface area contributed by atoms with Gasteiger partial charge in [0.15, 0.2) is 0 Å². The highest BCUT2D eigenvalue weighted by Gasteiger charge is 2.28. The number of amides is 1. The summed E-state index contributed by atoms with van der Waals surface area (Å²) in [6.07, 6.45) is 3.70. The zero-order valence-corrected chi connectivity index (χ0v) is 14.5. The van der Waals surface area contributed by atoms with Gasteiger partial charge < -0.3 is 14.5 Å². The molecule has 1 aliphatic heterocycles. The zero-order chi connectivity index (χ0) is 17.8. The second kappa shape index (κ2) is 7.38. The molecule has 3 rings (SSSR count). The normalized spacial score (nSPS) is 14.5. The Labute approximate surface area is 146 Å². The van der Waals surface area contributed by atoms with Crippen molar-refractivity contribution < 1.29 is 14.3 Å². The molecule has 1 aromatic carbocycles. The van der Waals surface area contributed by atoms with Gasteiger partial charge in [-0.1, -0.05) is 17.7 Å². The number of rotatable bonds is 3. The largest absolute Gasteiger partial charge is 0.459 e. The monoisotopic (exact) mass is 342 g/mol. The SMILES string of the molecule is CCOC(=O)C(=O)N1CCN(c2nccn2-c2ccc(C)cc2)CC1. The Balaban J connectivity index is 1.68. The number of imidazole rings is 1. The summed E-state index contributed by atoms with van der Waals surface area (Å²) >= 11 is 0. The fourth-order valence-electron chi connectivity index (χ4n) is 2.87. The highest BCUT2D eigenvalue weighted by molar-refractivity contribution is 6.32. The fraction of sp³-hybridized carbons (Fsp3) is 0.389. The molecule has 0 spiro atoms. The number of piperazine rings is 1. The molecule has 0 radical (unpaired) electrons. The minimum Gasteiger partial charge on any atom is -0.459 e. The third-order valence-electron chi connectivity index (χ3n) is 4.23. The predicted octanol–water partition coefficient (Wildman–Crippen LogP) is 1.39. The summed E-state index contributed by atoms with van der Waals surface area (Å²) in [6, 6.07) is 8.24. The fourth-order valence-corrected chi connectivity index (χ4v) is 2.87. The number of nitrogens with zero attached hydrogens (tertiary/aromatic N) is 4. The van der Waals surface area contributed by atoms with Crippen LogP contribution in [-0.2, 0) is 14.3 Å². The number of ether oxygens (including phenoxy) is 1. The van der Waals surface area contributed by atoms with Crippen LogP contribution in [0.25, 0.3) is 5.69 Å². The maximum atomic E-state index is 12.0. The average Bonchev–Trinajstić information content (AvgIpc) is 3.12. The second-order valence-corrected chi connectivity index (χ2v) is 5.93. The maximum absolute atomic E-state index is 12.0. The number of aryl methyl sites for hydroxylation is 1. The van der Waals surface area contributed by atoms with E-state index in [4.69, 9.17) is 4.74 Å². The summed E-state index contributed by atoms with van der Waals surface area (Å²) in [5.74, 6) is -0.507. The van der Waals surface area contributed by atoms with E-state index < -0.39 is 11.9 Å². The highest BCUT2D eigenvalue weighted by Crippen LogP contribution is 2.20. The van der Waals surface area contributed by atoms with Gasteiger partial charge in [0.1, 0.15) is 0 Å². The molecule has 1 saturated heterocycles. The minimum absolute atomic E-state index is 0.207. The van der Waals surface area contributed by atoms with Gasteiger partial charge in [-0.15, -0.1) is 0 Å². The standard InChI is InChI=1S/C18H22N4O3/c1-3-25-17(24)16(23)20-10-12-21(13-11-20)18-19-8-9-22(18)15-6-4-14(2)5-7-15/h4-9H,3,10-13H2,1-2H3. The number of esters is 1. The smallest absolute Gasteiger partial charge is 0.397 e. The lowest BCUT2D eigenvalue weighted by Gasteiger charge is -2.34. The molecule has 132 valence electrons. The van der Waals surface area contributed by atoms with Crippen LogP contribution in [-0.4, -0.2) is 59.1 Å². The molecular formula is C18H22N4O3. The lowest BCUT2D eigenvalue weighted by molar-refractivity contribution is -0.160. The van der Waals surface area contributed by atoms with E-state index >= 15 is 0 Å². The van der Waals surface area contributed by atoms with Gasteiger partial charge in [-0.3, -0.25) is 9.36 Å². The van der Waals surface area contributed by atoms with E-state index in [-0.39, 0.29) is 6.61 Å². The van der Waals surface area contributed by atoms with Gasteiger partial charge in [0.05, 0.1) is 6.61 Å². The van der Waals surface area contributed by atoms with Crippen molar-refractivity contribution in [2.45, 2.75) is 13.8 Å². The molecule has 1 amide bonds. The molecule has 0 unspecified atom stereocenters. The van der Waals surface area contributed by atoms with Gasteiger partial charge in [-0.05, 0) is 26.0 Å². The van der Waals surface area contributed by atoms with Crippen molar-refractivity contribution >= 4 is 17.8 Å². The van der Waals surface area contributed by atoms with Crippen LogP contribution < -0.4 is 4.90 Å². The molecule has 0 aliphatic carbocycles. The summed E-state index contributed by atoms with van der Waals surface area (Å²) in [6.45, 7) is 6.13. The van der Waals surface area contributed by atoms with Crippen LogP contribution >= 0.6 is 0 Å². The van der Waals surface area contributed by atoms with E-state index in [1.807, 2.05) is 10.8 Å². The Bertz CT molecular complexity index is 746. The summed E-state index contributed by atoms with van der Waals surface area (Å²) in [5.41, 5.74) is 2.25. The van der Waals surface area contributed by atoms with Crippen molar-refractivity contribution in [2.75, 3.05) is 37.7 Å². The number of benzene rings is 1. The first kappa shape index (κ1) is 17.0. The van der Waals surface area contributed by atoms with Crippen molar-refractivity contribution in [1.82, 2.24) is 14.5 Å². The van der Waals surface area contributed by atoms with Gasteiger partial charge in [0.25, 0.3) is 0 Å². The van der Waals surface area contributed by atoms with Crippen LogP contribution in [0.4, 0.5) is 5.95 Å². The van der Waals surface area contributed by atoms with Crippen molar-refractivity contribution in [3.05, 3.63) is 42.2 Å². The van der Waals surface area contributed by atoms with Crippen LogP contribution in [0, 0.1) is 6.92 Å². The first-order chi connectivity index (χ1) is 12.1. The number of hydrogen-bond acceptors (Lipinski definition) is 5. The minimum atomic E-state index is -0.780. The third-order valence-corrected chi connectivity index (χ3v) is 4.23.